The van der Waals surface area contributed by atoms with Gasteiger partial charge in [-0.1, -0.05) is 77.1 Å². The molecular formula is C56H77N3O4S2. The summed E-state index contributed by atoms with van der Waals surface area (Å²) in [6.07, 6.45) is 26.5. The number of benzene rings is 2. The first-order valence-electron chi connectivity index (χ1n) is 26.1. The number of hydrogen-bond donors (Lipinski definition) is 4. The lowest BCUT2D eigenvalue weighted by atomic mass is 9.46. The number of nitrogens with zero attached hydrogens (tertiary/aromatic N) is 1. The molecule has 1 saturated heterocycles. The summed E-state index contributed by atoms with van der Waals surface area (Å²) in [7, 11) is 4.03. The van der Waals surface area contributed by atoms with Gasteiger partial charge in [-0.05, 0) is 193 Å². The highest BCUT2D eigenvalue weighted by Crippen LogP contribution is 2.69. The maximum Gasteiger partial charge on any atom is 0.189 e. The third kappa shape index (κ3) is 8.69. The van der Waals surface area contributed by atoms with Crippen molar-refractivity contribution >= 4 is 38.3 Å². The maximum absolute atomic E-state index is 11.4. The Labute approximate surface area is 397 Å². The Balaban J connectivity index is 0.790. The molecule has 6 fully saturated rings. The van der Waals surface area contributed by atoms with Gasteiger partial charge in [-0.25, -0.2) is 4.99 Å². The smallest absolute Gasteiger partial charge is 0.189 e. The van der Waals surface area contributed by atoms with Crippen molar-refractivity contribution < 1.29 is 19.4 Å². The van der Waals surface area contributed by atoms with E-state index < -0.39 is 5.60 Å². The summed E-state index contributed by atoms with van der Waals surface area (Å²) >= 11 is 0. The molecule has 8 aliphatic rings. The quantitative estimate of drug-likeness (QED) is 0.114. The molecule has 14 atom stereocenters. The molecule has 7 nitrogen and oxygen atoms in total. The standard InChI is InChI=1S/C56H77N3O4S2/c1-35-27-55(24-19-36(28-55)20-25-56(61)22-7-11-43(60)29-56)51-54(3,63-51)23-21-47-45(35)30-53(47,2)42-17-15-39(26-42)49-34-65-64-33-41-9-5-4-8-37(41)16-18-44-48(58-52(57)59-49)12-6-10-38-13-14-40-31-62-32-46(40)50(38)44/h4-5,8-9,13-14,31-32,36,39,42-45,47-49,51,60-61H,1,6-7,10-12,15-30,33-34H2,2-3H3,(H3,57,58,59). The Morgan fingerprint density at radius 2 is 1.75 bits per heavy atom. The molecule has 14 unspecified atom stereocenters. The Kier molecular flexibility index (Phi) is 12.4. The van der Waals surface area contributed by atoms with Crippen molar-refractivity contribution in [3.05, 3.63) is 83.3 Å². The topological polar surface area (TPSA) is 117 Å². The second-order valence-corrected chi connectivity index (χ2v) is 26.1. The number of guanidine groups is 1. The van der Waals surface area contributed by atoms with E-state index in [-0.39, 0.29) is 35.1 Å². The predicted molar refractivity (Wildman–Crippen MR) is 268 cm³/mol. The zero-order chi connectivity index (χ0) is 44.6. The highest BCUT2D eigenvalue weighted by molar-refractivity contribution is 8.76. The van der Waals surface area contributed by atoms with E-state index in [1.165, 1.54) is 90.0 Å². The van der Waals surface area contributed by atoms with Crippen molar-refractivity contribution in [3.63, 3.8) is 0 Å². The lowest BCUT2D eigenvalue weighted by molar-refractivity contribution is -0.0696. The van der Waals surface area contributed by atoms with Crippen LogP contribution in [0.25, 0.3) is 10.8 Å². The lowest BCUT2D eigenvalue weighted by Crippen LogP contribution is -2.51. The van der Waals surface area contributed by atoms with Crippen LogP contribution in [0.5, 0.6) is 0 Å². The van der Waals surface area contributed by atoms with Crippen molar-refractivity contribution in [1.29, 1.82) is 0 Å². The van der Waals surface area contributed by atoms with Crippen LogP contribution >= 0.6 is 21.6 Å². The van der Waals surface area contributed by atoms with Crippen LogP contribution < -0.4 is 11.1 Å². The summed E-state index contributed by atoms with van der Waals surface area (Å²) in [6.45, 7) is 10.0. The highest BCUT2D eigenvalue weighted by atomic mass is 33.1. The molecular weight excluding hydrogens is 843 g/mol. The first kappa shape index (κ1) is 45.0. The van der Waals surface area contributed by atoms with Crippen LogP contribution in [0.1, 0.15) is 164 Å². The molecule has 0 radical (unpaired) electrons. The monoisotopic (exact) mass is 920 g/mol. The molecule has 2 aromatic carbocycles. The fourth-order valence-corrected chi connectivity index (χ4v) is 18.5. The van der Waals surface area contributed by atoms with Crippen LogP contribution in [0, 0.1) is 40.4 Å². The van der Waals surface area contributed by atoms with Crippen LogP contribution in [0.4, 0.5) is 0 Å². The Morgan fingerprint density at radius 1 is 0.877 bits per heavy atom. The number of ether oxygens (including phenoxy) is 1. The van der Waals surface area contributed by atoms with Gasteiger partial charge in [0.25, 0.3) is 0 Å². The van der Waals surface area contributed by atoms with E-state index in [1.807, 2.05) is 34.1 Å². The van der Waals surface area contributed by atoms with E-state index in [4.69, 9.17) is 26.5 Å². The van der Waals surface area contributed by atoms with Crippen LogP contribution in [-0.2, 0) is 23.3 Å². The van der Waals surface area contributed by atoms with Gasteiger partial charge in [0.2, 0.25) is 0 Å². The van der Waals surface area contributed by atoms with Gasteiger partial charge in [0, 0.05) is 46.1 Å². The van der Waals surface area contributed by atoms with Gasteiger partial charge < -0.3 is 30.4 Å². The summed E-state index contributed by atoms with van der Waals surface area (Å²) in [5.74, 6) is 6.14. The normalized spacial score (nSPS) is 42.3. The number of nitrogens with two attached hydrogens (primary N) is 1. The molecule has 65 heavy (non-hydrogen) atoms. The van der Waals surface area contributed by atoms with Crippen LogP contribution in [-0.4, -0.2) is 57.4 Å². The van der Waals surface area contributed by atoms with Crippen molar-refractivity contribution in [2.45, 2.75) is 196 Å². The van der Waals surface area contributed by atoms with E-state index >= 15 is 0 Å². The number of aliphatic hydroxyl groups excluding tert-OH is 1. The number of nitrogens with one attached hydrogen (secondary N) is 1. The number of aryl methyl sites for hydroxylation is 2. The fourth-order valence-electron chi connectivity index (χ4n) is 16.0. The molecule has 352 valence electrons. The van der Waals surface area contributed by atoms with Crippen molar-refractivity contribution in [2.75, 3.05) is 5.75 Å². The molecule has 0 amide bonds. The molecule has 9 heteroatoms. The van der Waals surface area contributed by atoms with E-state index in [1.54, 1.807) is 0 Å². The molecule has 3 aromatic rings. The first-order valence-corrected chi connectivity index (χ1v) is 28.5. The number of fused-ring (bicyclic) bond motifs is 9. The zero-order valence-electron chi connectivity index (χ0n) is 39.4. The minimum Gasteiger partial charge on any atom is -0.471 e. The first-order chi connectivity index (χ1) is 31.4. The SMILES string of the molecule is C=C1CC2(CCC(CCC3(O)CCCC(O)C3)C2)C2OC2(C)CCC2C1CC2(C)C1CCC(C2CSSCc3ccccc3CCC3c4c(ccc5cocc45)CCCC3N=C(N)N2)C1. The van der Waals surface area contributed by atoms with Crippen molar-refractivity contribution in [2.24, 2.45) is 51.1 Å². The Morgan fingerprint density at radius 3 is 2.63 bits per heavy atom. The summed E-state index contributed by atoms with van der Waals surface area (Å²) in [6, 6.07) is 14.1. The van der Waals surface area contributed by atoms with E-state index in [0.29, 0.717) is 53.5 Å². The Hall–Kier alpha value is -2.43. The number of rotatable bonds is 5. The minimum absolute atomic E-state index is 0.0187. The third-order valence-corrected chi connectivity index (χ3v) is 22.0. The molecule has 6 aliphatic carbocycles. The predicted octanol–water partition coefficient (Wildman–Crippen LogP) is 12.2. The van der Waals surface area contributed by atoms with Gasteiger partial charge in [-0.15, -0.1) is 0 Å². The van der Waals surface area contributed by atoms with Gasteiger partial charge in [-0.3, -0.25) is 0 Å². The highest BCUT2D eigenvalue weighted by Gasteiger charge is 2.67. The molecule has 1 aromatic heterocycles. The average molecular weight is 920 g/mol. The average Bonchev–Trinajstić information content (AvgIpc) is 3.67. The number of aliphatic hydroxyl groups is 2. The van der Waals surface area contributed by atoms with Crippen LogP contribution in [0.2, 0.25) is 0 Å². The molecule has 11 rings (SSSR count). The van der Waals surface area contributed by atoms with Gasteiger partial charge >= 0.3 is 0 Å². The molecule has 5 saturated carbocycles. The number of allylic oxidation sites excluding steroid dienone is 1. The van der Waals surface area contributed by atoms with Crippen molar-refractivity contribution in [1.82, 2.24) is 5.32 Å². The van der Waals surface area contributed by atoms with Gasteiger partial charge in [-0.2, -0.15) is 0 Å². The van der Waals surface area contributed by atoms with E-state index in [0.717, 1.165) is 88.6 Å². The largest absolute Gasteiger partial charge is 0.471 e. The summed E-state index contributed by atoms with van der Waals surface area (Å²) in [4.78, 5) is 5.48. The molecule has 0 bridgehead atoms. The number of epoxide rings is 1. The van der Waals surface area contributed by atoms with Gasteiger partial charge in [0.1, 0.15) is 0 Å². The van der Waals surface area contributed by atoms with Gasteiger partial charge in [0.05, 0.1) is 42.0 Å². The lowest BCUT2D eigenvalue weighted by Gasteiger charge is -2.58. The van der Waals surface area contributed by atoms with Crippen LogP contribution in [0.15, 0.2) is 70.5 Å². The van der Waals surface area contributed by atoms with E-state index in [9.17, 15) is 10.2 Å². The minimum atomic E-state index is -0.685. The maximum atomic E-state index is 11.4. The van der Waals surface area contributed by atoms with Crippen molar-refractivity contribution in [3.8, 4) is 0 Å². The molecule has 2 aliphatic heterocycles. The van der Waals surface area contributed by atoms with Crippen LogP contribution in [0.3, 0.4) is 0 Å². The Bertz CT molecular complexity index is 2260. The third-order valence-electron chi connectivity index (χ3n) is 19.6. The number of aliphatic imine (C=N–C) groups is 1. The zero-order valence-corrected chi connectivity index (χ0v) is 41.0. The fraction of sp³-hybridized carbons (Fsp3) is 0.696. The second-order valence-electron chi connectivity index (χ2n) is 23.6. The molecule has 3 heterocycles. The van der Waals surface area contributed by atoms with E-state index in [2.05, 4.69) is 55.6 Å². The summed E-state index contributed by atoms with van der Waals surface area (Å²) in [5, 5.41) is 28.1. The summed E-state index contributed by atoms with van der Waals surface area (Å²) in [5.41, 5.74) is 14.3. The molecule has 1 spiro atoms. The number of hydrogen-bond acceptors (Lipinski definition) is 9. The molecule has 5 N–H and O–H groups in total. The summed E-state index contributed by atoms with van der Waals surface area (Å²) < 4.78 is 12.7. The van der Waals surface area contributed by atoms with Gasteiger partial charge in [0.15, 0.2) is 5.96 Å². The second kappa shape index (κ2) is 17.8. The number of furan rings is 1.